The summed E-state index contributed by atoms with van der Waals surface area (Å²) in [6.07, 6.45) is 14.5. The average molecular weight is 445 g/mol. The van der Waals surface area contributed by atoms with Gasteiger partial charge in [-0.3, -0.25) is 9.59 Å². The van der Waals surface area contributed by atoms with E-state index in [4.69, 9.17) is 0 Å². The second kappa shape index (κ2) is 8.15. The Morgan fingerprint density at radius 2 is 1.48 bits per heavy atom. The van der Waals surface area contributed by atoms with Gasteiger partial charge in [0.15, 0.2) is 0 Å². The topological polar surface area (TPSA) is 58.4 Å². The van der Waals surface area contributed by atoms with E-state index in [1.165, 1.54) is 19.3 Å². The number of carbonyl (C=O) groups is 2. The third-order valence-electron chi connectivity index (χ3n) is 8.41. The van der Waals surface area contributed by atoms with Crippen molar-refractivity contribution in [3.63, 3.8) is 0 Å². The third kappa shape index (κ3) is 3.90. The first-order valence-electron chi connectivity index (χ1n) is 12.4. The van der Waals surface area contributed by atoms with Crippen LogP contribution < -0.4 is 0 Å². The molecule has 4 saturated carbocycles. The first-order valence-corrected chi connectivity index (χ1v) is 12.4. The summed E-state index contributed by atoms with van der Waals surface area (Å²) in [6.45, 7) is 2.55. The zero-order chi connectivity index (χ0) is 22.4. The molecular formula is C27H32N4O2. The van der Waals surface area contributed by atoms with Crippen LogP contribution in [0.25, 0.3) is 11.8 Å². The molecule has 6 heteroatoms. The van der Waals surface area contributed by atoms with Crippen LogP contribution in [-0.2, 0) is 9.59 Å². The number of rotatable bonds is 4. The van der Waals surface area contributed by atoms with Gasteiger partial charge in [-0.05, 0) is 74.5 Å². The number of hydrogen-bond acceptors (Lipinski definition) is 3. The maximum Gasteiger partial charge on any atom is 0.246 e. The van der Waals surface area contributed by atoms with Crippen LogP contribution in [0.2, 0.25) is 0 Å². The molecule has 2 aromatic rings. The second-order valence-corrected chi connectivity index (χ2v) is 10.7. The molecule has 0 N–H and O–H groups in total. The Morgan fingerprint density at radius 1 is 0.879 bits per heavy atom. The maximum atomic E-state index is 13.6. The van der Waals surface area contributed by atoms with Gasteiger partial charge in [0, 0.05) is 44.0 Å². The summed E-state index contributed by atoms with van der Waals surface area (Å²) >= 11 is 0. The Labute approximate surface area is 195 Å². The van der Waals surface area contributed by atoms with Crippen molar-refractivity contribution in [1.29, 1.82) is 0 Å². The molecule has 5 aliphatic rings. The van der Waals surface area contributed by atoms with Crippen LogP contribution in [0.4, 0.5) is 0 Å². The lowest BCUT2D eigenvalue weighted by atomic mass is 9.49. The summed E-state index contributed by atoms with van der Waals surface area (Å²) in [4.78, 5) is 30.2. The van der Waals surface area contributed by atoms with Gasteiger partial charge in [0.2, 0.25) is 11.8 Å². The highest BCUT2D eigenvalue weighted by molar-refractivity contribution is 5.92. The molecule has 0 radical (unpaired) electrons. The van der Waals surface area contributed by atoms with Gasteiger partial charge in [0.1, 0.15) is 0 Å². The summed E-state index contributed by atoms with van der Waals surface area (Å²) in [5, 5.41) is 4.38. The molecule has 0 atom stereocenters. The van der Waals surface area contributed by atoms with E-state index < -0.39 is 0 Å². The summed E-state index contributed by atoms with van der Waals surface area (Å²) in [5.74, 6) is 2.72. The van der Waals surface area contributed by atoms with E-state index in [0.717, 1.165) is 48.3 Å². The average Bonchev–Trinajstić information content (AvgIpc) is 3.31. The first kappa shape index (κ1) is 20.7. The van der Waals surface area contributed by atoms with E-state index in [1.807, 2.05) is 47.5 Å². The lowest BCUT2D eigenvalue weighted by molar-refractivity contribution is -0.160. The number of hydrogen-bond donors (Lipinski definition) is 0. The fourth-order valence-corrected chi connectivity index (χ4v) is 7.26. The van der Waals surface area contributed by atoms with Crippen LogP contribution >= 0.6 is 0 Å². The van der Waals surface area contributed by atoms with E-state index in [0.29, 0.717) is 32.1 Å². The minimum atomic E-state index is -0.0836. The summed E-state index contributed by atoms with van der Waals surface area (Å²) in [6, 6.07) is 9.92. The van der Waals surface area contributed by atoms with Gasteiger partial charge in [-0.1, -0.05) is 18.2 Å². The number of nitrogens with zero attached hydrogens (tertiary/aromatic N) is 4. The van der Waals surface area contributed by atoms with E-state index in [1.54, 1.807) is 17.0 Å². The SMILES string of the molecule is O=C(/C=C/c1cnn(-c2ccccc2)c1)N1CCN(C(=O)C23CC4CC(CC(C4)C2)C3)CC1. The van der Waals surface area contributed by atoms with Crippen molar-refractivity contribution in [2.45, 2.75) is 38.5 Å². The van der Waals surface area contributed by atoms with Gasteiger partial charge in [0.25, 0.3) is 0 Å². The summed E-state index contributed by atoms with van der Waals surface area (Å²) < 4.78 is 1.80. The van der Waals surface area contributed by atoms with E-state index >= 15 is 0 Å². The number of carbonyl (C=O) groups excluding carboxylic acids is 2. The molecule has 1 saturated heterocycles. The van der Waals surface area contributed by atoms with Crippen molar-refractivity contribution >= 4 is 17.9 Å². The molecule has 33 heavy (non-hydrogen) atoms. The smallest absolute Gasteiger partial charge is 0.246 e. The molecule has 5 fully saturated rings. The fourth-order valence-electron chi connectivity index (χ4n) is 7.26. The van der Waals surface area contributed by atoms with Gasteiger partial charge in [-0.2, -0.15) is 5.10 Å². The highest BCUT2D eigenvalue weighted by Gasteiger charge is 2.55. The second-order valence-electron chi connectivity index (χ2n) is 10.7. The molecule has 4 aliphatic carbocycles. The van der Waals surface area contributed by atoms with Gasteiger partial charge in [0.05, 0.1) is 17.3 Å². The van der Waals surface area contributed by atoms with Crippen LogP contribution in [0, 0.1) is 23.2 Å². The predicted molar refractivity (Wildman–Crippen MR) is 126 cm³/mol. The Morgan fingerprint density at radius 3 is 2.12 bits per heavy atom. The Balaban J connectivity index is 1.05. The van der Waals surface area contributed by atoms with Gasteiger partial charge < -0.3 is 9.80 Å². The number of aromatic nitrogens is 2. The summed E-state index contributed by atoms with van der Waals surface area (Å²) in [5.41, 5.74) is 1.80. The maximum absolute atomic E-state index is 13.6. The molecule has 1 aliphatic heterocycles. The van der Waals surface area contributed by atoms with E-state index in [-0.39, 0.29) is 11.3 Å². The van der Waals surface area contributed by atoms with Crippen LogP contribution in [0.15, 0.2) is 48.8 Å². The van der Waals surface area contributed by atoms with Gasteiger partial charge in [-0.25, -0.2) is 4.68 Å². The van der Waals surface area contributed by atoms with Crippen molar-refractivity contribution in [2.24, 2.45) is 23.2 Å². The minimum absolute atomic E-state index is 0.00404. The van der Waals surface area contributed by atoms with Crippen molar-refractivity contribution in [3.8, 4) is 5.69 Å². The van der Waals surface area contributed by atoms with Crippen molar-refractivity contribution in [2.75, 3.05) is 26.2 Å². The van der Waals surface area contributed by atoms with Crippen molar-refractivity contribution < 1.29 is 9.59 Å². The Kier molecular flexibility index (Phi) is 5.11. The molecule has 4 bridgehead atoms. The van der Waals surface area contributed by atoms with E-state index in [2.05, 4.69) is 10.00 Å². The zero-order valence-electron chi connectivity index (χ0n) is 19.1. The van der Waals surface area contributed by atoms with Gasteiger partial charge >= 0.3 is 0 Å². The zero-order valence-corrected chi connectivity index (χ0v) is 19.1. The summed E-state index contributed by atoms with van der Waals surface area (Å²) in [7, 11) is 0. The lowest BCUT2D eigenvalue weighted by Crippen LogP contribution is -2.58. The molecule has 1 aromatic carbocycles. The first-order chi connectivity index (χ1) is 16.1. The molecule has 0 unspecified atom stereocenters. The highest BCUT2D eigenvalue weighted by atomic mass is 16.2. The quantitative estimate of drug-likeness (QED) is 0.675. The van der Waals surface area contributed by atoms with Crippen molar-refractivity contribution in [3.05, 3.63) is 54.4 Å². The predicted octanol–water partition coefficient (Wildman–Crippen LogP) is 3.77. The van der Waals surface area contributed by atoms with E-state index in [9.17, 15) is 9.59 Å². The normalized spacial score (nSPS) is 30.8. The van der Waals surface area contributed by atoms with Crippen LogP contribution in [0.5, 0.6) is 0 Å². The van der Waals surface area contributed by atoms with Crippen LogP contribution in [-0.4, -0.2) is 57.6 Å². The number of para-hydroxylation sites is 1. The molecular weight excluding hydrogens is 412 g/mol. The largest absolute Gasteiger partial charge is 0.339 e. The molecule has 172 valence electrons. The standard InChI is InChI=1S/C27H32N4O2/c32-25(7-6-20-18-28-31(19-20)24-4-2-1-3-5-24)29-8-10-30(11-9-29)26(33)27-15-21-12-22(16-27)14-23(13-21)17-27/h1-7,18-19,21-23H,8-17H2/b7-6+. The molecule has 6 nitrogen and oxygen atoms in total. The number of benzene rings is 1. The highest BCUT2D eigenvalue weighted by Crippen LogP contribution is 2.60. The lowest BCUT2D eigenvalue weighted by Gasteiger charge is -2.57. The monoisotopic (exact) mass is 444 g/mol. The Bertz CT molecular complexity index is 1030. The molecule has 0 spiro atoms. The van der Waals surface area contributed by atoms with Crippen LogP contribution in [0.3, 0.4) is 0 Å². The minimum Gasteiger partial charge on any atom is -0.339 e. The third-order valence-corrected chi connectivity index (χ3v) is 8.41. The molecule has 2 amide bonds. The number of amides is 2. The molecule has 7 rings (SSSR count). The molecule has 1 aromatic heterocycles. The Hall–Kier alpha value is -2.89. The molecule has 2 heterocycles. The van der Waals surface area contributed by atoms with Crippen molar-refractivity contribution in [1.82, 2.24) is 19.6 Å². The van der Waals surface area contributed by atoms with Crippen LogP contribution in [0.1, 0.15) is 44.1 Å². The van der Waals surface area contributed by atoms with Gasteiger partial charge in [-0.15, -0.1) is 0 Å². The number of piperazine rings is 1. The fraction of sp³-hybridized carbons (Fsp3) is 0.519.